The van der Waals surface area contributed by atoms with E-state index < -0.39 is 35.4 Å². The third-order valence-electron chi connectivity index (χ3n) is 3.12. The predicted octanol–water partition coefficient (Wildman–Crippen LogP) is 2.39. The summed E-state index contributed by atoms with van der Waals surface area (Å²) in [7, 11) is 0. The van der Waals surface area contributed by atoms with E-state index in [1.165, 1.54) is 19.1 Å². The van der Waals surface area contributed by atoms with E-state index in [0.29, 0.717) is 0 Å². The van der Waals surface area contributed by atoms with Gasteiger partial charge >= 0.3 is 11.9 Å². The van der Waals surface area contributed by atoms with E-state index in [9.17, 15) is 18.8 Å². The summed E-state index contributed by atoms with van der Waals surface area (Å²) < 4.78 is 22.6. The molecular formula is C16H19FO5. The fourth-order valence-electron chi connectivity index (χ4n) is 2.00. The summed E-state index contributed by atoms with van der Waals surface area (Å²) in [4.78, 5) is 36.3. The molecule has 0 amide bonds. The van der Waals surface area contributed by atoms with Crippen molar-refractivity contribution >= 4 is 17.7 Å². The first-order valence-electron chi connectivity index (χ1n) is 7.05. The second-order valence-corrected chi connectivity index (χ2v) is 4.64. The zero-order chi connectivity index (χ0) is 16.7. The van der Waals surface area contributed by atoms with Crippen LogP contribution in [0.25, 0.3) is 0 Å². The third kappa shape index (κ3) is 4.38. The minimum Gasteiger partial charge on any atom is -0.465 e. The van der Waals surface area contributed by atoms with Crippen LogP contribution in [-0.4, -0.2) is 30.9 Å². The highest BCUT2D eigenvalue weighted by molar-refractivity contribution is 6.05. The van der Waals surface area contributed by atoms with Gasteiger partial charge in [-0.3, -0.25) is 14.4 Å². The van der Waals surface area contributed by atoms with Crippen LogP contribution in [0.1, 0.15) is 31.1 Å². The van der Waals surface area contributed by atoms with E-state index >= 15 is 0 Å². The topological polar surface area (TPSA) is 69.7 Å². The van der Waals surface area contributed by atoms with E-state index in [2.05, 4.69) is 0 Å². The van der Waals surface area contributed by atoms with Crippen LogP contribution in [0.3, 0.4) is 0 Å². The summed E-state index contributed by atoms with van der Waals surface area (Å²) in [5.41, 5.74) is 0.215. The van der Waals surface area contributed by atoms with Crippen LogP contribution < -0.4 is 0 Å². The van der Waals surface area contributed by atoms with Gasteiger partial charge in [0.25, 0.3) is 0 Å². The van der Waals surface area contributed by atoms with Crippen molar-refractivity contribution in [1.29, 1.82) is 0 Å². The van der Waals surface area contributed by atoms with Gasteiger partial charge < -0.3 is 9.47 Å². The highest BCUT2D eigenvalue weighted by atomic mass is 19.1. The highest BCUT2D eigenvalue weighted by Crippen LogP contribution is 2.21. The van der Waals surface area contributed by atoms with Crippen molar-refractivity contribution in [3.63, 3.8) is 0 Å². The number of hydrogen-bond donors (Lipinski definition) is 0. The maximum atomic E-state index is 12.9. The molecule has 0 heterocycles. The van der Waals surface area contributed by atoms with Crippen molar-refractivity contribution in [3.05, 3.63) is 35.6 Å². The van der Waals surface area contributed by atoms with Gasteiger partial charge in [0, 0.05) is 11.5 Å². The Bertz CT molecular complexity index is 520. The van der Waals surface area contributed by atoms with Crippen LogP contribution in [-0.2, 0) is 19.1 Å². The number of rotatable bonds is 7. The Morgan fingerprint density at radius 3 is 1.86 bits per heavy atom. The normalized spacial score (nSPS) is 11.9. The van der Waals surface area contributed by atoms with Crippen molar-refractivity contribution in [2.45, 2.75) is 20.8 Å². The van der Waals surface area contributed by atoms with Crippen LogP contribution in [0.15, 0.2) is 24.3 Å². The average Bonchev–Trinajstić information content (AvgIpc) is 2.48. The van der Waals surface area contributed by atoms with Crippen LogP contribution in [0.4, 0.5) is 4.39 Å². The lowest BCUT2D eigenvalue weighted by molar-refractivity contribution is -0.163. The zero-order valence-corrected chi connectivity index (χ0v) is 12.8. The Morgan fingerprint density at radius 1 is 1.00 bits per heavy atom. The number of ketones is 1. The van der Waals surface area contributed by atoms with Crippen LogP contribution in [0, 0.1) is 17.7 Å². The Hall–Kier alpha value is -2.24. The molecule has 0 saturated heterocycles. The number of halogens is 1. The molecule has 0 fully saturated rings. The number of hydrogen-bond acceptors (Lipinski definition) is 5. The van der Waals surface area contributed by atoms with Gasteiger partial charge in [-0.1, -0.05) is 6.92 Å². The molecule has 120 valence electrons. The van der Waals surface area contributed by atoms with Gasteiger partial charge in [0.1, 0.15) is 5.82 Å². The molecule has 1 aromatic rings. The molecule has 5 nitrogen and oxygen atoms in total. The van der Waals surface area contributed by atoms with Gasteiger partial charge in [0.15, 0.2) is 11.7 Å². The van der Waals surface area contributed by atoms with E-state index in [1.807, 2.05) is 0 Å². The Balaban J connectivity index is 3.01. The summed E-state index contributed by atoms with van der Waals surface area (Å²) in [5, 5.41) is 0. The van der Waals surface area contributed by atoms with Gasteiger partial charge in [0.05, 0.1) is 13.2 Å². The van der Waals surface area contributed by atoms with Crippen molar-refractivity contribution in [2.24, 2.45) is 11.8 Å². The van der Waals surface area contributed by atoms with E-state index in [-0.39, 0.29) is 18.8 Å². The maximum absolute atomic E-state index is 12.9. The number of esters is 2. The summed E-state index contributed by atoms with van der Waals surface area (Å²) in [6, 6.07) is 4.90. The maximum Gasteiger partial charge on any atom is 0.321 e. The average molecular weight is 310 g/mol. The Kier molecular flexibility index (Phi) is 6.69. The summed E-state index contributed by atoms with van der Waals surface area (Å²) in [6.07, 6.45) is 0. The smallest absolute Gasteiger partial charge is 0.321 e. The lowest BCUT2D eigenvalue weighted by Crippen LogP contribution is -2.37. The summed E-state index contributed by atoms with van der Waals surface area (Å²) >= 11 is 0. The van der Waals surface area contributed by atoms with Crippen molar-refractivity contribution < 1.29 is 28.2 Å². The first-order valence-corrected chi connectivity index (χ1v) is 7.05. The summed E-state index contributed by atoms with van der Waals surface area (Å²) in [6.45, 7) is 4.84. The standard InChI is InChI=1S/C16H19FO5/c1-4-21-15(19)13(16(20)22-5-2)10(3)14(18)11-6-8-12(17)9-7-11/h6-10,13H,4-5H2,1-3H3. The highest BCUT2D eigenvalue weighted by Gasteiger charge is 2.39. The van der Waals surface area contributed by atoms with Crippen LogP contribution in [0.2, 0.25) is 0 Å². The molecule has 22 heavy (non-hydrogen) atoms. The molecule has 1 aromatic carbocycles. The largest absolute Gasteiger partial charge is 0.465 e. The van der Waals surface area contributed by atoms with Gasteiger partial charge in [-0.15, -0.1) is 0 Å². The van der Waals surface area contributed by atoms with E-state index in [1.54, 1.807) is 13.8 Å². The van der Waals surface area contributed by atoms with E-state index in [0.717, 1.165) is 12.1 Å². The van der Waals surface area contributed by atoms with Crippen LogP contribution in [0.5, 0.6) is 0 Å². The lowest BCUT2D eigenvalue weighted by Gasteiger charge is -2.19. The molecule has 1 rings (SSSR count). The van der Waals surface area contributed by atoms with Crippen LogP contribution >= 0.6 is 0 Å². The summed E-state index contributed by atoms with van der Waals surface area (Å²) in [5.74, 6) is -4.84. The second-order valence-electron chi connectivity index (χ2n) is 4.64. The first-order chi connectivity index (χ1) is 10.4. The molecule has 0 aliphatic heterocycles. The van der Waals surface area contributed by atoms with Crippen molar-refractivity contribution in [1.82, 2.24) is 0 Å². The zero-order valence-electron chi connectivity index (χ0n) is 12.8. The molecule has 1 unspecified atom stereocenters. The fourth-order valence-corrected chi connectivity index (χ4v) is 2.00. The number of Topliss-reactive ketones (excluding diaryl/α,β-unsaturated/α-hetero) is 1. The quantitative estimate of drug-likeness (QED) is 0.439. The molecule has 6 heteroatoms. The first kappa shape index (κ1) is 17.8. The predicted molar refractivity (Wildman–Crippen MR) is 76.7 cm³/mol. The van der Waals surface area contributed by atoms with Gasteiger partial charge in [-0.05, 0) is 38.1 Å². The Labute approximate surface area is 128 Å². The number of carbonyl (C=O) groups excluding carboxylic acids is 3. The Morgan fingerprint density at radius 2 is 1.45 bits per heavy atom. The van der Waals surface area contributed by atoms with E-state index in [4.69, 9.17) is 9.47 Å². The minimum atomic E-state index is -1.34. The third-order valence-corrected chi connectivity index (χ3v) is 3.12. The molecule has 0 radical (unpaired) electrons. The molecule has 0 N–H and O–H groups in total. The molecule has 0 bridgehead atoms. The van der Waals surface area contributed by atoms with Gasteiger partial charge in [0.2, 0.25) is 0 Å². The molecule has 0 spiro atoms. The van der Waals surface area contributed by atoms with Crippen molar-refractivity contribution in [2.75, 3.05) is 13.2 Å². The number of ether oxygens (including phenoxy) is 2. The van der Waals surface area contributed by atoms with Gasteiger partial charge in [-0.25, -0.2) is 4.39 Å². The molecule has 0 aliphatic rings. The molecule has 1 atom stereocenters. The SMILES string of the molecule is CCOC(=O)C(C(=O)OCC)C(C)C(=O)c1ccc(F)cc1. The second kappa shape index (κ2) is 8.26. The van der Waals surface area contributed by atoms with Crippen molar-refractivity contribution in [3.8, 4) is 0 Å². The minimum absolute atomic E-state index is 0.0895. The monoisotopic (exact) mass is 310 g/mol. The number of carbonyl (C=O) groups is 3. The number of benzene rings is 1. The fraction of sp³-hybridized carbons (Fsp3) is 0.438. The molecule has 0 aliphatic carbocycles. The lowest BCUT2D eigenvalue weighted by atomic mass is 9.87. The molecule has 0 aromatic heterocycles. The molecular weight excluding hydrogens is 291 g/mol. The van der Waals surface area contributed by atoms with Gasteiger partial charge in [-0.2, -0.15) is 0 Å². The molecule has 0 saturated carbocycles.